The second-order valence-electron chi connectivity index (χ2n) is 46.0. The van der Waals surface area contributed by atoms with E-state index in [-0.39, 0.29) is 142 Å². The van der Waals surface area contributed by atoms with Gasteiger partial charge in [-0.2, -0.15) is 38.5 Å². The Morgan fingerprint density at radius 1 is 0.542 bits per heavy atom. The number of hydrogen-bond donors (Lipinski definition) is 7. The van der Waals surface area contributed by atoms with Crippen LogP contribution in [0.25, 0.3) is 0 Å². The van der Waals surface area contributed by atoms with E-state index in [1.54, 1.807) is 86.2 Å². The summed E-state index contributed by atoms with van der Waals surface area (Å²) in [4.78, 5) is 82.6. The number of hydrogen-bond acceptors (Lipinski definition) is 29. The first-order chi connectivity index (χ1) is 65.6. The molecule has 8 N–H and O–H groups in total. The maximum Gasteiger partial charge on any atom is 0.351 e. The van der Waals surface area contributed by atoms with Crippen molar-refractivity contribution in [2.75, 3.05) is 55.0 Å². The minimum Gasteiger partial charge on any atom is -0.507 e. The van der Waals surface area contributed by atoms with Crippen LogP contribution in [-0.2, 0) is 97.0 Å². The number of nitrogens with zero attached hydrogens (tertiary/aromatic N) is 8. The monoisotopic (exact) mass is 2190 g/mol. The molecule has 11 rings (SSSR count). The van der Waals surface area contributed by atoms with E-state index in [0.717, 1.165) is 49.7 Å². The minimum absolute atomic E-state index is 0. The number of aliphatic hydroxyl groups excluding tert-OH is 2. The van der Waals surface area contributed by atoms with Gasteiger partial charge in [0.25, 0.3) is 0 Å². The first-order valence-corrected chi connectivity index (χ1v) is 63.0. The van der Waals surface area contributed by atoms with Crippen LogP contribution in [-0.4, -0.2) is 212 Å². The summed E-state index contributed by atoms with van der Waals surface area (Å²) < 4.78 is 86.4. The van der Waals surface area contributed by atoms with Gasteiger partial charge in [0.2, 0.25) is 20.7 Å². The number of phenolic OH excluding ortho intramolecular Hbond substituents is 2. The van der Waals surface area contributed by atoms with Crippen LogP contribution in [0.4, 0.5) is 17.5 Å². The molecule has 0 aliphatic carbocycles. The molecule has 5 aliphatic heterocycles. The van der Waals surface area contributed by atoms with Crippen LogP contribution >= 0.6 is 34.3 Å². The number of amides is 2. The van der Waals surface area contributed by atoms with E-state index in [1.165, 1.54) is 51.6 Å². The predicted octanol–water partition coefficient (Wildman–Crippen LogP) is 20.4. The summed E-state index contributed by atoms with van der Waals surface area (Å²) in [7, 11) is -13.3. The molecule has 6 aromatic rings. The van der Waals surface area contributed by atoms with Gasteiger partial charge in [0.1, 0.15) is 59.5 Å². The maximum absolute atomic E-state index is 13.1. The van der Waals surface area contributed by atoms with Crippen LogP contribution < -0.4 is 33.4 Å². The number of carbonyl (C=O) groups is 2. The normalized spacial score (nSPS) is 23.5. The fourth-order valence-electron chi connectivity index (χ4n) is 18.2. The molecular weight excluding hydrogens is 2020 g/mol. The summed E-state index contributed by atoms with van der Waals surface area (Å²) in [6.45, 7) is 82.1. The van der Waals surface area contributed by atoms with E-state index in [1.807, 2.05) is 31.6 Å². The van der Waals surface area contributed by atoms with E-state index in [9.17, 15) is 52.8 Å². The van der Waals surface area contributed by atoms with Crippen LogP contribution in [0.1, 0.15) is 307 Å². The van der Waals surface area contributed by atoms with Gasteiger partial charge in [-0.25, -0.2) is 22.8 Å². The molecule has 40 heteroatoms. The third-order valence-corrected chi connectivity index (χ3v) is 54.3. The molecule has 0 unspecified atom stereocenters. The van der Waals surface area contributed by atoms with Gasteiger partial charge in [0, 0.05) is 89.5 Å². The van der Waals surface area contributed by atoms with Gasteiger partial charge in [-0.1, -0.05) is 230 Å². The number of nitrogens with two attached hydrogens (primary N) is 1. The van der Waals surface area contributed by atoms with Crippen molar-refractivity contribution < 1.29 is 95.4 Å². The van der Waals surface area contributed by atoms with Crippen molar-refractivity contribution in [3.8, 4) is 11.5 Å². The number of anilines is 3. The standard InChI is InChI=1S/C36H56N2O2.C25H45N3O6SSi2.C24H41N3O6Si2.C11H17N3O4S.C8H10O2S2.Co/c1-31(2,3)25-17-23(29(39)27(19-25)33(7,8)9)21-37-35(13,14)36(15,16)38-22-24-18-26(32(4,5)6)20-28(30(24)40)34(10,11)12;1-15(2)36(16(3)4)31-14-20-22(33-37(34-36,17(5)6)18(7)8)25(10,35-11)23(32-20)28-13-12-21(26-19(9)29)27-24(28)30;1-14(2)34(15(3)4)30-13-20-22(32-35(33-34,16(5)6)17(7)8)18(9)23(31-20)27-12-11-21(25-19(10)28)26-24(27)29;1-11(19-2)8(16)6(5-15)18-9(11)14-4-3-7(12)13-10(14)17;1-7-3-5-8(6-4-7)12(9,10)11-2;/h17-22,39-40H,1-16H3;12-13,15-18,20,22-23H,14H2,1-11H3,(H,26,27,29,30);11-12,14-17,20,22-23H,9,13H2,1-8,10H3,(H,25,26,28,29);3-4,6,8-9,15-16H,5H2,1-2H3,(H2,12,13,17);3-6H,1-2H3;/t;20-,22-,23-,25-;20-,22+,23-;6-,8-,9-,11-;;/m.111../s1. The number of thioether (sulfide) groups is 2. The molecule has 8 heterocycles. The quantitative estimate of drug-likeness (QED) is 0.0136. The Labute approximate surface area is 883 Å². The first kappa shape index (κ1) is 126. The average molecular weight is 2190 g/mol. The molecular formula is C104H169CoN11O20S4Si4. The number of carbonyl (C=O) groups excluding carboxylic acids is 2. The summed E-state index contributed by atoms with van der Waals surface area (Å²) >= 11 is 2.99. The first-order valence-electron chi connectivity index (χ1n) is 49.5. The largest absolute Gasteiger partial charge is 0.507 e. The molecule has 3 aromatic heterocycles. The van der Waals surface area contributed by atoms with Crippen LogP contribution in [0.3, 0.4) is 0 Å². The maximum atomic E-state index is 13.1. The van der Waals surface area contributed by atoms with Crippen molar-refractivity contribution in [1.29, 1.82) is 0 Å². The van der Waals surface area contributed by atoms with Crippen LogP contribution in [0, 0.1) is 6.92 Å². The number of ether oxygens (including phenoxy) is 3. The third kappa shape index (κ3) is 28.3. The SMILES string of the molecule is C=C1[C@H](n2ccc(NC(C)=O)nc2=O)O[C@@H]2CO[Si](C(C)C)(C(C)C)O[Si](C(C)C)(C(C)C)O[C@@H]12.CC(C)(C)c1cc(C=NC(C)(C)C(C)(C)N=Cc2cc(C(C)(C)C)cc(C(C)(C)C)c2O)c(O)c(C(C)(C)C)c1.CSS(=O)(=O)c1ccc(C)cc1.CS[C@]1(C)[C@@H]2O[Si](C(C)C)(C(C)C)O[Si](C(C)C)(C(C)C)OC[C@H]2O[C@H]1n1ccc(NC(C)=O)nc1=O.CS[C@]1(C)[C@H](O)[C@@H](CO)O[C@H]1n1ccc(N)nc1=O.[Co]. The van der Waals surface area contributed by atoms with Crippen LogP contribution in [0.2, 0.25) is 44.3 Å². The van der Waals surface area contributed by atoms with Crippen molar-refractivity contribution in [2.24, 2.45) is 9.98 Å². The van der Waals surface area contributed by atoms with Gasteiger partial charge in [-0.15, -0.1) is 0 Å². The van der Waals surface area contributed by atoms with E-state index < -0.39 is 124 Å². The Hall–Kier alpha value is -6.35. The van der Waals surface area contributed by atoms with E-state index in [2.05, 4.69) is 273 Å². The number of nitrogens with one attached hydrogen (secondary N) is 2. The van der Waals surface area contributed by atoms with Gasteiger partial charge in [0.15, 0.2) is 18.7 Å². The molecule has 0 bridgehead atoms. The molecule has 31 nitrogen and oxygen atoms in total. The second kappa shape index (κ2) is 49.0. The minimum atomic E-state index is -3.10. The molecule has 2 amide bonds. The number of nitrogen functional groups attached to an aromatic ring is 1. The van der Waals surface area contributed by atoms with Crippen molar-refractivity contribution in [3.05, 3.63) is 168 Å². The Kier molecular flexibility index (Phi) is 42.9. The fraction of sp³-hybridized carbons (Fsp3) is 0.654. The molecule has 11 atom stereocenters. The van der Waals surface area contributed by atoms with Crippen molar-refractivity contribution >= 4 is 119 Å². The molecule has 144 heavy (non-hydrogen) atoms. The zero-order chi connectivity index (χ0) is 109. The van der Waals surface area contributed by atoms with Crippen molar-refractivity contribution in [2.45, 2.75) is 403 Å². The molecule has 5 saturated heterocycles. The number of fused-ring (bicyclic) bond motifs is 2. The molecule has 1 radical (unpaired) electrons. The van der Waals surface area contributed by atoms with Gasteiger partial charge in [-0.3, -0.25) is 33.3 Å². The third-order valence-electron chi connectivity index (χ3n) is 28.0. The Morgan fingerprint density at radius 3 is 1.26 bits per heavy atom. The number of rotatable bonds is 23. The number of aromatic nitrogens is 6. The summed E-state index contributed by atoms with van der Waals surface area (Å²) in [6, 6.07) is 19.8. The van der Waals surface area contributed by atoms with Crippen molar-refractivity contribution in [3.63, 3.8) is 0 Å². The zero-order valence-corrected chi connectivity index (χ0v) is 101. The molecule has 0 spiro atoms. The summed E-state index contributed by atoms with van der Waals surface area (Å²) in [6.07, 6.45) is 8.34. The number of aromatic hydroxyl groups is 2. The van der Waals surface area contributed by atoms with Crippen molar-refractivity contribution in [1.82, 2.24) is 28.7 Å². The number of aryl methyl sites for hydroxylation is 1. The zero-order valence-electron chi connectivity index (χ0n) is 92.8. The number of phenols is 2. The van der Waals surface area contributed by atoms with Gasteiger partial charge in [-0.05, 0) is 198 Å². The fourth-order valence-corrected chi connectivity index (χ4v) is 43.9. The Morgan fingerprint density at radius 2 is 0.910 bits per heavy atom. The number of aliphatic hydroxyl groups is 2. The molecule has 5 fully saturated rings. The number of aliphatic imine (C=N–C) groups is 2. The Balaban J connectivity index is 0.000000287. The predicted molar refractivity (Wildman–Crippen MR) is 590 cm³/mol. The van der Waals surface area contributed by atoms with E-state index in [4.69, 9.17) is 55.9 Å². The van der Waals surface area contributed by atoms with Gasteiger partial charge < -0.3 is 76.9 Å². The summed E-state index contributed by atoms with van der Waals surface area (Å²) in [5.41, 5.74) is 11.0. The topological polar surface area (TPSA) is 412 Å². The van der Waals surface area contributed by atoms with Crippen LogP contribution in [0.15, 0.2) is 127 Å². The molecule has 0 saturated carbocycles. The average Bonchev–Trinajstić information content (AvgIpc) is 1.55. The molecule has 809 valence electrons. The van der Waals surface area contributed by atoms with Gasteiger partial charge >= 0.3 is 51.3 Å². The Bertz CT molecular complexity index is 5640. The second-order valence-corrected chi connectivity index (χ2v) is 70.3. The summed E-state index contributed by atoms with van der Waals surface area (Å²) in [5, 5.41) is 47.0. The van der Waals surface area contributed by atoms with Crippen LogP contribution in [0.5, 0.6) is 11.5 Å². The number of benzene rings is 3. The smallest absolute Gasteiger partial charge is 0.351 e. The molecule has 3 aromatic carbocycles. The van der Waals surface area contributed by atoms with Gasteiger partial charge in [0.05, 0.1) is 51.4 Å². The molecule has 5 aliphatic rings. The van der Waals surface area contributed by atoms with E-state index in [0.29, 0.717) is 23.7 Å². The van der Waals surface area contributed by atoms with E-state index >= 15 is 0 Å². The summed E-state index contributed by atoms with van der Waals surface area (Å²) in [5.74, 6) is 0.506.